The molecule has 116 valence electrons. The summed E-state index contributed by atoms with van der Waals surface area (Å²) in [4.78, 5) is 23.8. The van der Waals surface area contributed by atoms with Crippen molar-refractivity contribution >= 4 is 11.9 Å². The Kier molecular flexibility index (Phi) is 3.26. The summed E-state index contributed by atoms with van der Waals surface area (Å²) in [6.45, 7) is 0. The monoisotopic (exact) mass is 296 g/mol. The number of esters is 2. The Hall–Kier alpha value is -2.06. The second-order valence-corrected chi connectivity index (χ2v) is 5.71. The molecule has 0 bridgehead atoms. The molecular weight excluding hydrogens is 276 g/mol. The first-order valence-electron chi connectivity index (χ1n) is 6.36. The summed E-state index contributed by atoms with van der Waals surface area (Å²) >= 11 is 0. The van der Waals surface area contributed by atoms with E-state index in [1.807, 2.05) is 0 Å². The van der Waals surface area contributed by atoms with Gasteiger partial charge in [0, 0.05) is 16.8 Å². The Morgan fingerprint density at radius 2 is 1.29 bits per heavy atom. The zero-order valence-electron chi connectivity index (χ0n) is 12.0. The molecule has 0 saturated heterocycles. The number of allylic oxidation sites excluding steroid dienone is 2. The lowest BCUT2D eigenvalue weighted by Gasteiger charge is -2.29. The third-order valence-corrected chi connectivity index (χ3v) is 4.23. The average molecular weight is 296 g/mol. The Morgan fingerprint density at radius 1 is 0.952 bits per heavy atom. The quantitative estimate of drug-likeness (QED) is 0.435. The molecule has 21 heavy (non-hydrogen) atoms. The molecule has 2 aliphatic carbocycles. The number of ether oxygens (including phenoxy) is 2. The molecule has 1 spiro atoms. The zero-order valence-corrected chi connectivity index (χ0v) is 12.0. The van der Waals surface area contributed by atoms with Gasteiger partial charge in [0.2, 0.25) is 0 Å². The van der Waals surface area contributed by atoms with E-state index in [1.54, 1.807) is 12.2 Å². The van der Waals surface area contributed by atoms with E-state index in [1.165, 1.54) is 14.2 Å². The lowest BCUT2D eigenvalue weighted by molar-refractivity contribution is -0.146. The van der Waals surface area contributed by atoms with E-state index in [4.69, 9.17) is 32.4 Å². The molecule has 2 aliphatic rings. The van der Waals surface area contributed by atoms with Crippen LogP contribution in [0.15, 0.2) is 23.5 Å². The molecule has 8 nitrogen and oxygen atoms in total. The van der Waals surface area contributed by atoms with Gasteiger partial charge in [0.15, 0.2) is 11.1 Å². The highest BCUT2D eigenvalue weighted by Gasteiger charge is 2.58. The van der Waals surface area contributed by atoms with Gasteiger partial charge in [-0.05, 0) is 12.8 Å². The maximum atomic E-state index is 11.9. The molecule has 0 radical (unpaired) electrons. The van der Waals surface area contributed by atoms with Crippen LogP contribution in [0.25, 0.3) is 0 Å². The van der Waals surface area contributed by atoms with E-state index < -0.39 is 28.4 Å². The smallest absolute Gasteiger partial charge is 0.332 e. The number of carbonyl (C=O) groups is 2. The van der Waals surface area contributed by atoms with E-state index in [0.717, 1.165) is 0 Å². The maximum absolute atomic E-state index is 11.9. The van der Waals surface area contributed by atoms with Crippen molar-refractivity contribution < 1.29 is 19.1 Å². The standard InChI is InChI=1S/C13H20N4O4/c1-20-9(18)12(16)5-11(3-7(12)14)4-8(15)13(17,6-11)10(19)21-2/h3-4H,5-6,14-17H2,1-2H3. The molecule has 2 atom stereocenters. The maximum Gasteiger partial charge on any atom is 0.332 e. The summed E-state index contributed by atoms with van der Waals surface area (Å²) in [7, 11) is 2.46. The fraction of sp³-hybridized carbons (Fsp3) is 0.538. The topological polar surface area (TPSA) is 157 Å². The fourth-order valence-electron chi connectivity index (χ4n) is 3.17. The highest BCUT2D eigenvalue weighted by atomic mass is 16.5. The zero-order chi connectivity index (χ0) is 16.1. The first-order valence-corrected chi connectivity index (χ1v) is 6.36. The van der Waals surface area contributed by atoms with Crippen LogP contribution in [0, 0.1) is 5.41 Å². The van der Waals surface area contributed by atoms with Crippen molar-refractivity contribution in [1.82, 2.24) is 0 Å². The number of hydrogen-bond donors (Lipinski definition) is 4. The molecule has 0 aromatic rings. The van der Waals surface area contributed by atoms with Crippen LogP contribution >= 0.6 is 0 Å². The molecule has 0 aromatic heterocycles. The molecule has 8 N–H and O–H groups in total. The third-order valence-electron chi connectivity index (χ3n) is 4.23. The van der Waals surface area contributed by atoms with Gasteiger partial charge in [-0.3, -0.25) is 0 Å². The average Bonchev–Trinajstić information content (AvgIpc) is 2.82. The molecule has 0 aliphatic heterocycles. The van der Waals surface area contributed by atoms with Crippen LogP contribution in [0.2, 0.25) is 0 Å². The molecule has 0 fully saturated rings. The van der Waals surface area contributed by atoms with E-state index >= 15 is 0 Å². The van der Waals surface area contributed by atoms with Crippen LogP contribution in [-0.4, -0.2) is 37.2 Å². The Labute approximate surface area is 122 Å². The number of nitrogens with two attached hydrogens (primary N) is 4. The number of methoxy groups -OCH3 is 2. The third kappa shape index (κ3) is 1.98. The summed E-state index contributed by atoms with van der Waals surface area (Å²) in [6.07, 6.45) is 3.51. The van der Waals surface area contributed by atoms with Crippen molar-refractivity contribution in [3.8, 4) is 0 Å². The molecular formula is C13H20N4O4. The SMILES string of the molecule is COC(=O)C1(N)CC2(C=C1N)C=C(N)C(N)(C(=O)OC)C2. The van der Waals surface area contributed by atoms with Crippen LogP contribution in [-0.2, 0) is 19.1 Å². The van der Waals surface area contributed by atoms with Gasteiger partial charge in [0.1, 0.15) is 0 Å². The largest absolute Gasteiger partial charge is 0.467 e. The molecule has 0 heterocycles. The number of hydrogen-bond acceptors (Lipinski definition) is 8. The van der Waals surface area contributed by atoms with E-state index in [-0.39, 0.29) is 24.2 Å². The van der Waals surface area contributed by atoms with Gasteiger partial charge in [-0.2, -0.15) is 0 Å². The highest BCUT2D eigenvalue weighted by molar-refractivity contribution is 5.88. The van der Waals surface area contributed by atoms with Crippen molar-refractivity contribution in [2.45, 2.75) is 23.9 Å². The van der Waals surface area contributed by atoms with Gasteiger partial charge in [-0.1, -0.05) is 12.2 Å². The Balaban J connectivity index is 2.38. The summed E-state index contributed by atoms with van der Waals surface area (Å²) in [5.41, 5.74) is 20.6. The van der Waals surface area contributed by atoms with Gasteiger partial charge in [-0.25, -0.2) is 9.59 Å². The van der Waals surface area contributed by atoms with Crippen LogP contribution in [0.3, 0.4) is 0 Å². The molecule has 0 amide bonds. The highest BCUT2D eigenvalue weighted by Crippen LogP contribution is 2.51. The summed E-state index contributed by atoms with van der Waals surface area (Å²) < 4.78 is 9.40. The minimum absolute atomic E-state index is 0.134. The summed E-state index contributed by atoms with van der Waals surface area (Å²) in [6, 6.07) is 0. The fourth-order valence-corrected chi connectivity index (χ4v) is 3.17. The molecule has 2 unspecified atom stereocenters. The van der Waals surface area contributed by atoms with Gasteiger partial charge in [0.05, 0.1) is 14.2 Å². The summed E-state index contributed by atoms with van der Waals surface area (Å²) in [5, 5.41) is 0. The van der Waals surface area contributed by atoms with E-state index in [9.17, 15) is 9.59 Å². The normalized spacial score (nSPS) is 38.1. The van der Waals surface area contributed by atoms with Crippen LogP contribution in [0.4, 0.5) is 0 Å². The number of rotatable bonds is 2. The van der Waals surface area contributed by atoms with Gasteiger partial charge in [-0.15, -0.1) is 0 Å². The van der Waals surface area contributed by atoms with E-state index in [0.29, 0.717) is 0 Å². The van der Waals surface area contributed by atoms with Crippen LogP contribution in [0.5, 0.6) is 0 Å². The number of carbonyl (C=O) groups excluding carboxylic acids is 2. The predicted molar refractivity (Wildman–Crippen MR) is 74.1 cm³/mol. The summed E-state index contributed by atoms with van der Waals surface area (Å²) in [5.74, 6) is -1.29. The molecule has 0 aromatic carbocycles. The van der Waals surface area contributed by atoms with Gasteiger partial charge < -0.3 is 32.4 Å². The molecule has 0 saturated carbocycles. The first-order chi connectivity index (χ1) is 9.63. The molecule has 2 rings (SSSR count). The predicted octanol–water partition coefficient (Wildman–Crippen LogP) is -1.79. The second-order valence-electron chi connectivity index (χ2n) is 5.71. The first kappa shape index (κ1) is 15.3. The van der Waals surface area contributed by atoms with Crippen LogP contribution < -0.4 is 22.9 Å². The van der Waals surface area contributed by atoms with Crippen molar-refractivity contribution in [2.75, 3.05) is 14.2 Å². The lowest BCUT2D eigenvalue weighted by Crippen LogP contribution is -2.53. The Morgan fingerprint density at radius 3 is 1.57 bits per heavy atom. The van der Waals surface area contributed by atoms with Crippen molar-refractivity contribution in [3.05, 3.63) is 23.5 Å². The van der Waals surface area contributed by atoms with Gasteiger partial charge in [0.25, 0.3) is 0 Å². The van der Waals surface area contributed by atoms with Crippen molar-refractivity contribution in [1.29, 1.82) is 0 Å². The minimum Gasteiger partial charge on any atom is -0.467 e. The van der Waals surface area contributed by atoms with Crippen molar-refractivity contribution in [3.63, 3.8) is 0 Å². The van der Waals surface area contributed by atoms with E-state index in [2.05, 4.69) is 0 Å². The molecule has 8 heteroatoms. The Bertz CT molecular complexity index is 521. The van der Waals surface area contributed by atoms with Gasteiger partial charge >= 0.3 is 11.9 Å². The second kappa shape index (κ2) is 4.47. The van der Waals surface area contributed by atoms with Crippen LogP contribution in [0.1, 0.15) is 12.8 Å². The van der Waals surface area contributed by atoms with Crippen molar-refractivity contribution in [2.24, 2.45) is 28.3 Å². The lowest BCUT2D eigenvalue weighted by atomic mass is 9.79. The minimum atomic E-state index is -1.45.